The summed E-state index contributed by atoms with van der Waals surface area (Å²) in [6.45, 7) is 1.16. The maximum absolute atomic E-state index is 11.9. The van der Waals surface area contributed by atoms with Gasteiger partial charge in [-0.1, -0.05) is 48.5 Å². The van der Waals surface area contributed by atoms with E-state index < -0.39 is 12.0 Å². The second-order valence-electron chi connectivity index (χ2n) is 4.96. The SMILES string of the molecule is C[C@@H](NC(=O)c1ccccc1)C(=O)OCC(=O)c1ccccc1. The Morgan fingerprint density at radius 3 is 2.00 bits per heavy atom. The molecule has 0 saturated heterocycles. The number of nitrogens with one attached hydrogen (secondary N) is 1. The van der Waals surface area contributed by atoms with Crippen LogP contribution in [0.3, 0.4) is 0 Å². The van der Waals surface area contributed by atoms with Gasteiger partial charge in [0.2, 0.25) is 0 Å². The van der Waals surface area contributed by atoms with Crippen LogP contribution >= 0.6 is 0 Å². The minimum absolute atomic E-state index is 0.291. The highest BCUT2D eigenvalue weighted by Gasteiger charge is 2.19. The lowest BCUT2D eigenvalue weighted by atomic mass is 10.1. The van der Waals surface area contributed by atoms with Crippen LogP contribution in [0.25, 0.3) is 0 Å². The molecule has 0 radical (unpaired) electrons. The normalized spacial score (nSPS) is 11.3. The summed E-state index contributed by atoms with van der Waals surface area (Å²) in [5, 5.41) is 2.53. The Bertz CT molecular complexity index is 683. The first-order valence-corrected chi connectivity index (χ1v) is 7.18. The monoisotopic (exact) mass is 311 g/mol. The Morgan fingerprint density at radius 2 is 1.43 bits per heavy atom. The molecule has 0 aliphatic carbocycles. The van der Waals surface area contributed by atoms with Crippen LogP contribution in [0.5, 0.6) is 0 Å². The summed E-state index contributed by atoms with van der Waals surface area (Å²) >= 11 is 0. The van der Waals surface area contributed by atoms with Gasteiger partial charge in [-0.15, -0.1) is 0 Å². The fraction of sp³-hybridized carbons (Fsp3) is 0.167. The number of rotatable bonds is 6. The van der Waals surface area contributed by atoms with Gasteiger partial charge in [0, 0.05) is 11.1 Å². The number of hydrogen-bond acceptors (Lipinski definition) is 4. The molecule has 1 N–H and O–H groups in total. The van der Waals surface area contributed by atoms with Crippen LogP contribution < -0.4 is 5.32 Å². The first-order valence-electron chi connectivity index (χ1n) is 7.18. The molecule has 0 unspecified atom stereocenters. The Morgan fingerprint density at radius 1 is 0.913 bits per heavy atom. The molecule has 1 atom stereocenters. The number of Topliss-reactive ketones (excluding diaryl/α,β-unsaturated/α-hetero) is 1. The first-order chi connectivity index (χ1) is 11.1. The topological polar surface area (TPSA) is 72.5 Å². The molecule has 0 saturated carbocycles. The van der Waals surface area contributed by atoms with Crippen LogP contribution in [-0.4, -0.2) is 30.3 Å². The third-order valence-electron chi connectivity index (χ3n) is 3.18. The van der Waals surface area contributed by atoms with Crippen molar-refractivity contribution in [3.05, 3.63) is 71.8 Å². The quantitative estimate of drug-likeness (QED) is 0.656. The zero-order chi connectivity index (χ0) is 16.7. The zero-order valence-corrected chi connectivity index (χ0v) is 12.7. The molecule has 1 amide bonds. The van der Waals surface area contributed by atoms with Crippen molar-refractivity contribution in [3.63, 3.8) is 0 Å². The number of ether oxygens (including phenoxy) is 1. The van der Waals surface area contributed by atoms with Crippen LogP contribution in [0.4, 0.5) is 0 Å². The number of carbonyl (C=O) groups is 3. The molecule has 0 aliphatic rings. The van der Waals surface area contributed by atoms with E-state index >= 15 is 0 Å². The van der Waals surface area contributed by atoms with Gasteiger partial charge >= 0.3 is 5.97 Å². The van der Waals surface area contributed by atoms with E-state index in [1.807, 2.05) is 0 Å². The Kier molecular flexibility index (Phi) is 5.63. The summed E-state index contributed by atoms with van der Waals surface area (Å²) in [5.41, 5.74) is 0.925. The second kappa shape index (κ2) is 7.89. The van der Waals surface area contributed by atoms with Gasteiger partial charge in [0.25, 0.3) is 5.91 Å². The van der Waals surface area contributed by atoms with Crippen molar-refractivity contribution in [1.82, 2.24) is 5.32 Å². The van der Waals surface area contributed by atoms with E-state index in [0.29, 0.717) is 11.1 Å². The van der Waals surface area contributed by atoms with Crippen LogP contribution in [0, 0.1) is 0 Å². The summed E-state index contributed by atoms with van der Waals surface area (Å²) in [7, 11) is 0. The fourth-order valence-corrected chi connectivity index (χ4v) is 1.90. The van der Waals surface area contributed by atoms with Crippen LogP contribution in [0.2, 0.25) is 0 Å². The van der Waals surface area contributed by atoms with Gasteiger partial charge in [-0.05, 0) is 19.1 Å². The van der Waals surface area contributed by atoms with Gasteiger partial charge in [-0.25, -0.2) is 4.79 Å². The average molecular weight is 311 g/mol. The molecular formula is C18H17NO4. The largest absolute Gasteiger partial charge is 0.456 e. The smallest absolute Gasteiger partial charge is 0.328 e. The van der Waals surface area contributed by atoms with Crippen molar-refractivity contribution in [3.8, 4) is 0 Å². The van der Waals surface area contributed by atoms with Gasteiger partial charge in [-0.2, -0.15) is 0 Å². The number of carbonyl (C=O) groups excluding carboxylic acids is 3. The molecule has 0 bridgehead atoms. The summed E-state index contributed by atoms with van der Waals surface area (Å²) in [4.78, 5) is 35.6. The van der Waals surface area contributed by atoms with E-state index in [-0.39, 0.29) is 18.3 Å². The van der Waals surface area contributed by atoms with Crippen LogP contribution in [0.15, 0.2) is 60.7 Å². The summed E-state index contributed by atoms with van der Waals surface area (Å²) < 4.78 is 4.95. The molecule has 2 rings (SSSR count). The number of ketones is 1. The van der Waals surface area contributed by atoms with Crippen molar-refractivity contribution in [2.24, 2.45) is 0 Å². The predicted octanol–water partition coefficient (Wildman–Crippen LogP) is 2.23. The number of amides is 1. The molecule has 0 aliphatic heterocycles. The maximum Gasteiger partial charge on any atom is 0.328 e. The molecular weight excluding hydrogens is 294 g/mol. The third-order valence-corrected chi connectivity index (χ3v) is 3.18. The zero-order valence-electron chi connectivity index (χ0n) is 12.7. The molecule has 23 heavy (non-hydrogen) atoms. The fourth-order valence-electron chi connectivity index (χ4n) is 1.90. The van der Waals surface area contributed by atoms with Gasteiger partial charge in [0.15, 0.2) is 12.4 Å². The first kappa shape index (κ1) is 16.4. The van der Waals surface area contributed by atoms with Gasteiger partial charge in [0.1, 0.15) is 6.04 Å². The predicted molar refractivity (Wildman–Crippen MR) is 85.1 cm³/mol. The minimum Gasteiger partial charge on any atom is -0.456 e. The number of benzene rings is 2. The lowest BCUT2D eigenvalue weighted by molar-refractivity contribution is -0.144. The minimum atomic E-state index is -0.841. The molecule has 2 aromatic rings. The second-order valence-corrected chi connectivity index (χ2v) is 4.96. The van der Waals surface area contributed by atoms with E-state index in [2.05, 4.69) is 5.32 Å². The van der Waals surface area contributed by atoms with E-state index in [0.717, 1.165) is 0 Å². The van der Waals surface area contributed by atoms with E-state index in [9.17, 15) is 14.4 Å². The Balaban J connectivity index is 1.83. The summed E-state index contributed by atoms with van der Waals surface area (Å²) in [5.74, 6) is -1.32. The van der Waals surface area contributed by atoms with E-state index in [4.69, 9.17) is 4.74 Å². The third kappa shape index (κ3) is 4.78. The number of hydrogen-bond donors (Lipinski definition) is 1. The molecule has 0 spiro atoms. The summed E-state index contributed by atoms with van der Waals surface area (Å²) in [6, 6.07) is 16.3. The number of esters is 1. The van der Waals surface area contributed by atoms with Gasteiger partial charge in [0.05, 0.1) is 0 Å². The van der Waals surface area contributed by atoms with Crippen molar-refractivity contribution >= 4 is 17.7 Å². The van der Waals surface area contributed by atoms with Crippen molar-refractivity contribution in [2.45, 2.75) is 13.0 Å². The highest BCUT2D eigenvalue weighted by atomic mass is 16.5. The lowest BCUT2D eigenvalue weighted by Gasteiger charge is -2.13. The molecule has 118 valence electrons. The molecule has 2 aromatic carbocycles. The lowest BCUT2D eigenvalue weighted by Crippen LogP contribution is -2.40. The van der Waals surface area contributed by atoms with Gasteiger partial charge in [-0.3, -0.25) is 9.59 Å². The van der Waals surface area contributed by atoms with Crippen molar-refractivity contribution < 1.29 is 19.1 Å². The Labute approximate surface area is 134 Å². The molecule has 0 fully saturated rings. The van der Waals surface area contributed by atoms with E-state index in [1.165, 1.54) is 6.92 Å². The van der Waals surface area contributed by atoms with E-state index in [1.54, 1.807) is 60.7 Å². The molecule has 5 nitrogen and oxygen atoms in total. The van der Waals surface area contributed by atoms with Crippen LogP contribution in [-0.2, 0) is 9.53 Å². The van der Waals surface area contributed by atoms with Crippen LogP contribution in [0.1, 0.15) is 27.6 Å². The van der Waals surface area contributed by atoms with Crippen molar-refractivity contribution in [1.29, 1.82) is 0 Å². The average Bonchev–Trinajstić information content (AvgIpc) is 2.60. The molecule has 0 aromatic heterocycles. The standard InChI is InChI=1S/C18H17NO4/c1-13(19-17(21)15-10-6-3-7-11-15)18(22)23-12-16(20)14-8-4-2-5-9-14/h2-11,13H,12H2,1H3,(H,19,21)/t13-/m1/s1. The Hall–Kier alpha value is -2.95. The molecule has 5 heteroatoms. The van der Waals surface area contributed by atoms with Gasteiger partial charge < -0.3 is 10.1 Å². The maximum atomic E-state index is 11.9. The summed E-state index contributed by atoms with van der Waals surface area (Å²) in [6.07, 6.45) is 0. The molecule has 0 heterocycles. The highest BCUT2D eigenvalue weighted by Crippen LogP contribution is 2.02. The highest BCUT2D eigenvalue weighted by molar-refractivity contribution is 5.99. The van der Waals surface area contributed by atoms with Crippen molar-refractivity contribution in [2.75, 3.05) is 6.61 Å².